The largest absolute Gasteiger partial charge is 0.275 e. The Morgan fingerprint density at radius 3 is 2.52 bits per heavy atom. The van der Waals surface area contributed by atoms with Crippen LogP contribution in [0, 0.1) is 31.1 Å². The van der Waals surface area contributed by atoms with Gasteiger partial charge < -0.3 is 0 Å². The average Bonchev–Trinajstić information content (AvgIpc) is 3.56. The van der Waals surface area contributed by atoms with Gasteiger partial charge in [-0.15, -0.1) is 0 Å². The Morgan fingerprint density at radius 1 is 1.14 bits per heavy atom. The zero-order valence-corrected chi connectivity index (χ0v) is 16.8. The molecule has 29 heavy (non-hydrogen) atoms. The van der Waals surface area contributed by atoms with Crippen LogP contribution in [0.5, 0.6) is 0 Å². The highest BCUT2D eigenvalue weighted by atomic mass is 16.2. The van der Waals surface area contributed by atoms with E-state index in [0.29, 0.717) is 16.8 Å². The number of aliphatic imine (C=N–C) groups is 1. The Morgan fingerprint density at radius 2 is 1.86 bits per heavy atom. The fourth-order valence-electron chi connectivity index (χ4n) is 3.81. The molecule has 1 heterocycles. The van der Waals surface area contributed by atoms with Gasteiger partial charge in [0.25, 0.3) is 5.91 Å². The summed E-state index contributed by atoms with van der Waals surface area (Å²) in [6.07, 6.45) is 3.52. The number of fused-ring (bicyclic) bond motifs is 1. The summed E-state index contributed by atoms with van der Waals surface area (Å²) in [7, 11) is 0. The highest BCUT2D eigenvalue weighted by Crippen LogP contribution is 2.42. The maximum absolute atomic E-state index is 13.4. The molecule has 146 valence electrons. The van der Waals surface area contributed by atoms with Crippen molar-refractivity contribution in [1.29, 1.82) is 5.26 Å². The molecule has 1 aliphatic carbocycles. The summed E-state index contributed by atoms with van der Waals surface area (Å²) in [6.45, 7) is 5.76. The van der Waals surface area contributed by atoms with E-state index in [4.69, 9.17) is 0 Å². The van der Waals surface area contributed by atoms with E-state index < -0.39 is 11.5 Å². The van der Waals surface area contributed by atoms with Crippen molar-refractivity contribution < 1.29 is 9.59 Å². The maximum Gasteiger partial charge on any atom is 0.265 e. The minimum atomic E-state index is -0.831. The third-order valence-electron chi connectivity index (χ3n) is 6.05. The fraction of sp³-hybridized carbons (Fsp3) is 0.333. The number of anilines is 1. The van der Waals surface area contributed by atoms with Crippen molar-refractivity contribution in [1.82, 2.24) is 0 Å². The number of nitriles is 1. The summed E-state index contributed by atoms with van der Waals surface area (Å²) in [5.74, 6) is -1.13. The van der Waals surface area contributed by atoms with Crippen molar-refractivity contribution in [3.8, 4) is 6.07 Å². The second-order valence-electron chi connectivity index (χ2n) is 8.12. The molecule has 0 radical (unpaired) electrons. The zero-order chi connectivity index (χ0) is 20.8. The number of rotatable bonds is 4. The molecule has 0 bridgehead atoms. The summed E-state index contributed by atoms with van der Waals surface area (Å²) < 4.78 is 0. The SMILES string of the molecule is Cc1ccc(N2C(=O)c3ccccc3[C@H](C=N[C@](C)(C#N)C3CC3)C2=O)cc1C. The molecule has 2 amide bonds. The molecule has 1 saturated carbocycles. The number of imide groups is 1. The summed E-state index contributed by atoms with van der Waals surface area (Å²) in [6, 6.07) is 15.0. The van der Waals surface area contributed by atoms with Crippen LogP contribution in [-0.2, 0) is 4.79 Å². The first-order valence-corrected chi connectivity index (χ1v) is 9.87. The molecule has 0 aromatic heterocycles. The van der Waals surface area contributed by atoms with Crippen LogP contribution in [0.1, 0.15) is 52.7 Å². The molecular formula is C24H23N3O2. The summed E-state index contributed by atoms with van der Waals surface area (Å²) >= 11 is 0. The Bertz CT molecular complexity index is 1080. The smallest absolute Gasteiger partial charge is 0.265 e. The van der Waals surface area contributed by atoms with Gasteiger partial charge in [0.15, 0.2) is 0 Å². The zero-order valence-electron chi connectivity index (χ0n) is 16.8. The lowest BCUT2D eigenvalue weighted by atomic mass is 9.88. The van der Waals surface area contributed by atoms with Gasteiger partial charge in [-0.25, -0.2) is 4.90 Å². The van der Waals surface area contributed by atoms with E-state index in [0.717, 1.165) is 24.0 Å². The lowest BCUT2D eigenvalue weighted by Crippen LogP contribution is -2.45. The van der Waals surface area contributed by atoms with E-state index in [1.54, 1.807) is 30.5 Å². The lowest BCUT2D eigenvalue weighted by molar-refractivity contribution is -0.118. The predicted octanol–water partition coefficient (Wildman–Crippen LogP) is 4.34. The Labute approximate surface area is 170 Å². The molecule has 5 nitrogen and oxygen atoms in total. The van der Waals surface area contributed by atoms with Gasteiger partial charge in [-0.3, -0.25) is 14.6 Å². The van der Waals surface area contributed by atoms with Crippen molar-refractivity contribution in [3.63, 3.8) is 0 Å². The maximum atomic E-state index is 13.4. The molecule has 2 atom stereocenters. The number of nitrogens with zero attached hydrogens (tertiary/aromatic N) is 3. The van der Waals surface area contributed by atoms with Gasteiger partial charge in [0.1, 0.15) is 5.54 Å². The number of hydrogen-bond donors (Lipinski definition) is 0. The van der Waals surface area contributed by atoms with E-state index in [-0.39, 0.29) is 17.7 Å². The monoisotopic (exact) mass is 385 g/mol. The number of benzene rings is 2. The van der Waals surface area contributed by atoms with E-state index in [9.17, 15) is 14.9 Å². The molecule has 0 N–H and O–H groups in total. The molecule has 2 aliphatic rings. The number of carbonyl (C=O) groups is 2. The predicted molar refractivity (Wildman–Crippen MR) is 112 cm³/mol. The lowest BCUT2D eigenvalue weighted by Gasteiger charge is -2.31. The van der Waals surface area contributed by atoms with Gasteiger partial charge in [-0.2, -0.15) is 5.26 Å². The Kier molecular flexibility index (Phi) is 4.58. The van der Waals surface area contributed by atoms with Gasteiger partial charge in [-0.1, -0.05) is 24.3 Å². The van der Waals surface area contributed by atoms with E-state index >= 15 is 0 Å². The summed E-state index contributed by atoms with van der Waals surface area (Å²) in [5, 5.41) is 9.60. The Hall–Kier alpha value is -3.26. The second kappa shape index (κ2) is 6.97. The van der Waals surface area contributed by atoms with Crippen LogP contribution >= 0.6 is 0 Å². The van der Waals surface area contributed by atoms with Crippen molar-refractivity contribution >= 4 is 23.7 Å². The molecule has 0 spiro atoms. The van der Waals surface area contributed by atoms with Crippen LogP contribution in [0.3, 0.4) is 0 Å². The molecule has 5 heteroatoms. The van der Waals surface area contributed by atoms with Crippen LogP contribution < -0.4 is 4.90 Å². The van der Waals surface area contributed by atoms with Gasteiger partial charge in [0.05, 0.1) is 17.7 Å². The van der Waals surface area contributed by atoms with Crippen LogP contribution in [0.15, 0.2) is 47.5 Å². The van der Waals surface area contributed by atoms with E-state index in [2.05, 4.69) is 11.1 Å². The number of carbonyl (C=O) groups excluding carboxylic acids is 2. The second-order valence-corrected chi connectivity index (χ2v) is 8.12. The van der Waals surface area contributed by atoms with Crippen molar-refractivity contribution in [2.45, 2.75) is 45.1 Å². The minimum Gasteiger partial charge on any atom is -0.275 e. The molecular weight excluding hydrogens is 362 g/mol. The molecule has 0 saturated heterocycles. The highest BCUT2D eigenvalue weighted by Gasteiger charge is 2.43. The fourth-order valence-corrected chi connectivity index (χ4v) is 3.81. The Balaban J connectivity index is 1.79. The average molecular weight is 385 g/mol. The minimum absolute atomic E-state index is 0.232. The normalized spacial score (nSPS) is 21.0. The third kappa shape index (κ3) is 3.25. The van der Waals surface area contributed by atoms with E-state index in [1.807, 2.05) is 39.0 Å². The third-order valence-corrected chi connectivity index (χ3v) is 6.05. The van der Waals surface area contributed by atoms with E-state index in [1.165, 1.54) is 4.90 Å². The first-order chi connectivity index (χ1) is 13.9. The van der Waals surface area contributed by atoms with Crippen LogP contribution in [0.4, 0.5) is 5.69 Å². The molecule has 2 aromatic rings. The number of hydrogen-bond acceptors (Lipinski definition) is 4. The van der Waals surface area contributed by atoms with Crippen LogP contribution in [-0.4, -0.2) is 23.6 Å². The molecule has 1 fully saturated rings. The van der Waals surface area contributed by atoms with Crippen LogP contribution in [0.2, 0.25) is 0 Å². The first-order valence-electron chi connectivity index (χ1n) is 9.87. The summed E-state index contributed by atoms with van der Waals surface area (Å²) in [5.41, 5.74) is 2.97. The van der Waals surface area contributed by atoms with Gasteiger partial charge in [0.2, 0.25) is 5.91 Å². The number of amides is 2. The van der Waals surface area contributed by atoms with Crippen molar-refractivity contribution in [2.75, 3.05) is 4.90 Å². The molecule has 4 rings (SSSR count). The van der Waals surface area contributed by atoms with Gasteiger partial charge >= 0.3 is 0 Å². The van der Waals surface area contributed by atoms with Gasteiger partial charge in [-0.05, 0) is 74.4 Å². The molecule has 0 unspecified atom stereocenters. The summed E-state index contributed by atoms with van der Waals surface area (Å²) in [4.78, 5) is 32.4. The quantitative estimate of drug-likeness (QED) is 0.580. The van der Waals surface area contributed by atoms with Gasteiger partial charge in [0, 0.05) is 11.8 Å². The van der Waals surface area contributed by atoms with Crippen molar-refractivity contribution in [3.05, 3.63) is 64.7 Å². The molecule has 2 aromatic carbocycles. The number of aryl methyl sites for hydroxylation is 2. The topological polar surface area (TPSA) is 73.5 Å². The van der Waals surface area contributed by atoms with Crippen molar-refractivity contribution in [2.24, 2.45) is 10.9 Å². The van der Waals surface area contributed by atoms with Crippen LogP contribution in [0.25, 0.3) is 0 Å². The first kappa shape index (κ1) is 19.1. The molecule has 1 aliphatic heterocycles. The highest BCUT2D eigenvalue weighted by molar-refractivity contribution is 6.29. The standard InChI is InChI=1S/C24H23N3O2/c1-15-8-11-18(12-16(15)2)27-22(28)20-7-5-4-6-19(20)21(23(27)29)13-26-24(3,14-25)17-9-10-17/h4-8,11-13,17,21H,9-10H2,1-3H3/t21-,24+/m0/s1.